The first kappa shape index (κ1) is 27.0. The Morgan fingerprint density at radius 2 is 1.59 bits per heavy atom. The summed E-state index contributed by atoms with van der Waals surface area (Å²) in [5, 5.41) is 0. The predicted octanol–water partition coefficient (Wildman–Crippen LogP) is 3.07. The van der Waals surface area contributed by atoms with Crippen LogP contribution in [0.3, 0.4) is 0 Å². The number of imide groups is 1. The van der Waals surface area contributed by atoms with Crippen LogP contribution in [0.4, 0.5) is 5.69 Å². The first-order chi connectivity index (χ1) is 18.9. The lowest BCUT2D eigenvalue weighted by molar-refractivity contribution is -0.151. The summed E-state index contributed by atoms with van der Waals surface area (Å²) in [6, 6.07) is 12.5. The van der Waals surface area contributed by atoms with E-state index in [4.69, 9.17) is 14.2 Å². The molecule has 0 N–H and O–H groups in total. The number of benzene rings is 2. The van der Waals surface area contributed by atoms with Gasteiger partial charge in [0, 0.05) is 52.4 Å². The molecule has 2 aliphatic heterocycles. The van der Waals surface area contributed by atoms with E-state index in [-0.39, 0.29) is 36.8 Å². The number of anilines is 1. The minimum Gasteiger partial charge on any atom is -0.497 e. The number of imidazole rings is 1. The van der Waals surface area contributed by atoms with E-state index in [9.17, 15) is 14.4 Å². The molecule has 5 rings (SSSR count). The van der Waals surface area contributed by atoms with Gasteiger partial charge in [0.25, 0.3) is 5.91 Å². The van der Waals surface area contributed by atoms with Crippen LogP contribution in [0.5, 0.6) is 5.75 Å². The van der Waals surface area contributed by atoms with Crippen molar-refractivity contribution in [1.82, 2.24) is 14.0 Å². The quantitative estimate of drug-likeness (QED) is 0.323. The molecule has 0 radical (unpaired) electrons. The minimum absolute atomic E-state index is 0.158. The van der Waals surface area contributed by atoms with Crippen molar-refractivity contribution in [2.45, 2.75) is 44.6 Å². The molecule has 0 aliphatic carbocycles. The second kappa shape index (κ2) is 11.2. The summed E-state index contributed by atoms with van der Waals surface area (Å²) in [6.45, 7) is 1.87. The molecule has 2 aliphatic rings. The van der Waals surface area contributed by atoms with Gasteiger partial charge < -0.3 is 19.1 Å². The fourth-order valence-electron chi connectivity index (χ4n) is 5.90. The molecule has 10 nitrogen and oxygen atoms in total. The van der Waals surface area contributed by atoms with Gasteiger partial charge in [-0.15, -0.1) is 0 Å². The number of amides is 2. The number of hydrogen-bond acceptors (Lipinski definition) is 7. The number of rotatable bonds is 8. The van der Waals surface area contributed by atoms with Gasteiger partial charge in [0.15, 0.2) is 6.29 Å². The molecule has 208 valence electrons. The molecule has 0 spiro atoms. The van der Waals surface area contributed by atoms with E-state index in [2.05, 4.69) is 4.90 Å². The molecule has 2 aromatic carbocycles. The lowest BCUT2D eigenvalue weighted by Gasteiger charge is -2.36. The lowest BCUT2D eigenvalue weighted by Crippen LogP contribution is -2.47. The van der Waals surface area contributed by atoms with Crippen LogP contribution in [0.15, 0.2) is 47.3 Å². The molecule has 3 aromatic rings. The largest absolute Gasteiger partial charge is 0.497 e. The predicted molar refractivity (Wildman–Crippen MR) is 147 cm³/mol. The van der Waals surface area contributed by atoms with Crippen LogP contribution in [0, 0.1) is 5.92 Å². The fourth-order valence-corrected chi connectivity index (χ4v) is 5.90. The van der Waals surface area contributed by atoms with Gasteiger partial charge in [-0.1, -0.05) is 12.1 Å². The number of hydrogen-bond donors (Lipinski definition) is 0. The molecule has 2 fully saturated rings. The van der Waals surface area contributed by atoms with Crippen molar-refractivity contribution in [2.75, 3.05) is 39.3 Å². The molecule has 2 saturated heterocycles. The number of aromatic nitrogens is 2. The Bertz CT molecular complexity index is 1400. The number of nitrogens with zero attached hydrogens (tertiary/aromatic N) is 4. The van der Waals surface area contributed by atoms with E-state index in [0.717, 1.165) is 42.7 Å². The molecule has 0 saturated carbocycles. The van der Waals surface area contributed by atoms with Gasteiger partial charge in [-0.3, -0.25) is 23.6 Å². The maximum absolute atomic E-state index is 13.6. The number of likely N-dealkylation sites (tertiary alicyclic amines) is 1. The van der Waals surface area contributed by atoms with E-state index in [1.807, 2.05) is 30.3 Å². The van der Waals surface area contributed by atoms with Gasteiger partial charge in [0.1, 0.15) is 11.8 Å². The molecular formula is C29H36N4O6. The van der Waals surface area contributed by atoms with Gasteiger partial charge in [-0.2, -0.15) is 0 Å². The molecule has 39 heavy (non-hydrogen) atoms. The zero-order valence-corrected chi connectivity index (χ0v) is 23.0. The number of carbonyl (C=O) groups excluding carboxylic acids is 2. The molecule has 0 bridgehead atoms. The minimum atomic E-state index is -0.737. The number of carbonyl (C=O) groups is 2. The molecule has 1 unspecified atom stereocenters. The number of aryl methyl sites for hydroxylation is 1. The fraction of sp³-hybridized carbons (Fsp3) is 0.483. The summed E-state index contributed by atoms with van der Waals surface area (Å²) >= 11 is 0. The van der Waals surface area contributed by atoms with Crippen LogP contribution in [0.25, 0.3) is 11.0 Å². The van der Waals surface area contributed by atoms with E-state index < -0.39 is 6.04 Å². The SMILES string of the molecule is COc1ccc(CN2C(=O)CCC(n3c(=O)n(C)c4cc(N5CCC(C(OC)OC)CC5)ccc43)C2=O)cc1. The molecule has 1 aromatic heterocycles. The van der Waals surface area contributed by atoms with E-state index in [1.165, 1.54) is 4.90 Å². The Morgan fingerprint density at radius 3 is 2.23 bits per heavy atom. The number of methoxy groups -OCH3 is 3. The highest BCUT2D eigenvalue weighted by molar-refractivity contribution is 6.00. The Kier molecular flexibility index (Phi) is 7.76. The smallest absolute Gasteiger partial charge is 0.329 e. The standard InChI is InChI=1S/C29H36N4O6/c1-30-25-17-21(31-15-13-20(14-16-31)28(38-3)39-4)7-10-23(25)33(29(30)36)24-11-12-26(34)32(27(24)35)18-19-5-8-22(37-2)9-6-19/h5-10,17,20,24,28H,11-16,18H2,1-4H3. The van der Waals surface area contributed by atoms with E-state index in [1.54, 1.807) is 49.6 Å². The van der Waals surface area contributed by atoms with Gasteiger partial charge >= 0.3 is 5.69 Å². The Balaban J connectivity index is 1.39. The first-order valence-corrected chi connectivity index (χ1v) is 13.3. The lowest BCUT2D eigenvalue weighted by atomic mass is 9.95. The van der Waals surface area contributed by atoms with Crippen LogP contribution < -0.4 is 15.3 Å². The molecule has 2 amide bonds. The average Bonchev–Trinajstić information content (AvgIpc) is 3.21. The summed E-state index contributed by atoms with van der Waals surface area (Å²) in [6.07, 6.45) is 2.18. The highest BCUT2D eigenvalue weighted by Gasteiger charge is 2.37. The topological polar surface area (TPSA) is 95.2 Å². The highest BCUT2D eigenvalue weighted by atomic mass is 16.7. The van der Waals surface area contributed by atoms with Crippen molar-refractivity contribution < 1.29 is 23.8 Å². The van der Waals surface area contributed by atoms with Crippen LogP contribution in [-0.4, -0.2) is 66.6 Å². The number of fused-ring (bicyclic) bond motifs is 1. The van der Waals surface area contributed by atoms with Crippen molar-refractivity contribution in [3.05, 3.63) is 58.5 Å². The van der Waals surface area contributed by atoms with E-state index in [0.29, 0.717) is 23.6 Å². The highest BCUT2D eigenvalue weighted by Crippen LogP contribution is 2.32. The van der Waals surface area contributed by atoms with Crippen LogP contribution in [-0.2, 0) is 32.7 Å². The summed E-state index contributed by atoms with van der Waals surface area (Å²) < 4.78 is 19.3. The van der Waals surface area contributed by atoms with Gasteiger partial charge in [-0.05, 0) is 55.2 Å². The van der Waals surface area contributed by atoms with Crippen LogP contribution in [0.1, 0.15) is 37.3 Å². The number of ether oxygens (including phenoxy) is 3. The van der Waals surface area contributed by atoms with Crippen molar-refractivity contribution >= 4 is 28.5 Å². The third kappa shape index (κ3) is 5.06. The Morgan fingerprint density at radius 1 is 0.897 bits per heavy atom. The van der Waals surface area contributed by atoms with Crippen molar-refractivity contribution in [1.29, 1.82) is 0 Å². The van der Waals surface area contributed by atoms with Crippen molar-refractivity contribution in [3.63, 3.8) is 0 Å². The zero-order chi connectivity index (χ0) is 27.7. The number of piperidine rings is 2. The van der Waals surface area contributed by atoms with Gasteiger partial charge in [0.05, 0.1) is 24.7 Å². The maximum Gasteiger partial charge on any atom is 0.329 e. The zero-order valence-electron chi connectivity index (χ0n) is 23.0. The van der Waals surface area contributed by atoms with Crippen LogP contribution >= 0.6 is 0 Å². The maximum atomic E-state index is 13.6. The van der Waals surface area contributed by atoms with Gasteiger partial charge in [-0.25, -0.2) is 4.79 Å². The molecule has 1 atom stereocenters. The average molecular weight is 537 g/mol. The summed E-state index contributed by atoms with van der Waals surface area (Å²) in [5.41, 5.74) is 3.04. The molecule has 3 heterocycles. The summed E-state index contributed by atoms with van der Waals surface area (Å²) in [4.78, 5) is 43.4. The van der Waals surface area contributed by atoms with Crippen molar-refractivity contribution in [2.24, 2.45) is 13.0 Å². The third-order valence-electron chi connectivity index (χ3n) is 8.12. The first-order valence-electron chi connectivity index (χ1n) is 13.3. The monoisotopic (exact) mass is 536 g/mol. The Hall–Kier alpha value is -3.63. The summed E-state index contributed by atoms with van der Waals surface area (Å²) in [5.74, 6) is 0.461. The molecule has 10 heteroatoms. The Labute approximate surface area is 227 Å². The molecular weight excluding hydrogens is 500 g/mol. The second-order valence-electron chi connectivity index (χ2n) is 10.3. The third-order valence-corrected chi connectivity index (χ3v) is 8.12. The van der Waals surface area contributed by atoms with Gasteiger partial charge in [0.2, 0.25) is 5.91 Å². The van der Waals surface area contributed by atoms with Crippen molar-refractivity contribution in [3.8, 4) is 5.75 Å². The summed E-state index contributed by atoms with van der Waals surface area (Å²) in [7, 11) is 6.66. The van der Waals surface area contributed by atoms with Crippen LogP contribution in [0.2, 0.25) is 0 Å². The normalized spacial score (nSPS) is 18.9. The van der Waals surface area contributed by atoms with E-state index >= 15 is 0 Å². The second-order valence-corrected chi connectivity index (χ2v) is 10.3.